The highest BCUT2D eigenvalue weighted by Crippen LogP contribution is 2.19. The fourth-order valence-electron chi connectivity index (χ4n) is 5.05. The average Bonchev–Trinajstić information content (AvgIpc) is 3.44. The molecule has 254 valence electrons. The fraction of sp³-hybridized carbons (Fsp3) is 0.406. The molecule has 2 aromatic carbocycles. The number of rotatable bonds is 19. The molecule has 0 fully saturated rings. The number of fused-ring (bicyclic) bond motifs is 1. The minimum atomic E-state index is -1.25. The van der Waals surface area contributed by atoms with Crippen LogP contribution in [0.25, 0.3) is 10.9 Å². The van der Waals surface area contributed by atoms with Crippen LogP contribution >= 0.6 is 0 Å². The minimum absolute atomic E-state index is 0.0251. The quantitative estimate of drug-likeness (QED) is 0.0459. The Morgan fingerprint density at radius 1 is 0.809 bits per heavy atom. The number of benzene rings is 2. The van der Waals surface area contributed by atoms with Crippen LogP contribution in [0.4, 0.5) is 0 Å². The number of guanidine groups is 1. The summed E-state index contributed by atoms with van der Waals surface area (Å²) < 4.78 is 0. The molecular formula is C32H45N9O6. The Labute approximate surface area is 272 Å². The molecule has 14 N–H and O–H groups in total. The number of aromatic hydroxyl groups is 1. The van der Waals surface area contributed by atoms with Crippen molar-refractivity contribution in [2.45, 2.75) is 69.1 Å². The van der Waals surface area contributed by atoms with Crippen molar-refractivity contribution in [3.8, 4) is 5.75 Å². The molecule has 0 aliphatic carbocycles. The molecule has 3 amide bonds. The Morgan fingerprint density at radius 3 is 2.13 bits per heavy atom. The number of phenolic OH excluding ortho intramolecular Hbond substituents is 1. The molecule has 3 rings (SSSR count). The molecule has 0 aliphatic rings. The van der Waals surface area contributed by atoms with Gasteiger partial charge in [0, 0.05) is 30.1 Å². The Morgan fingerprint density at radius 2 is 1.45 bits per heavy atom. The summed E-state index contributed by atoms with van der Waals surface area (Å²) in [5, 5.41) is 28.3. The van der Waals surface area contributed by atoms with E-state index in [9.17, 15) is 29.4 Å². The van der Waals surface area contributed by atoms with Crippen molar-refractivity contribution < 1.29 is 29.4 Å². The van der Waals surface area contributed by atoms with E-state index in [1.54, 1.807) is 18.3 Å². The van der Waals surface area contributed by atoms with Crippen LogP contribution in [0, 0.1) is 0 Å². The van der Waals surface area contributed by atoms with E-state index in [-0.39, 0.29) is 43.9 Å². The molecule has 15 heteroatoms. The SMILES string of the molecule is NCCCCC(NC(=O)C(Cc1ccc(O)cc1)NC(=O)C(N)Cc1c[nH]c2ccccc12)C(=O)NC(CCCN=C(N)N)C(=O)O. The normalized spacial score (nSPS) is 13.6. The van der Waals surface area contributed by atoms with Gasteiger partial charge in [-0.2, -0.15) is 0 Å². The molecular weight excluding hydrogens is 606 g/mol. The van der Waals surface area contributed by atoms with Gasteiger partial charge in [0.25, 0.3) is 0 Å². The molecule has 0 bridgehead atoms. The average molecular weight is 652 g/mol. The number of aromatic nitrogens is 1. The number of carbonyl (C=O) groups is 4. The zero-order valence-electron chi connectivity index (χ0n) is 26.2. The summed E-state index contributed by atoms with van der Waals surface area (Å²) in [6.07, 6.45) is 3.57. The number of nitrogens with one attached hydrogen (secondary N) is 4. The number of carbonyl (C=O) groups excluding carboxylic acids is 3. The van der Waals surface area contributed by atoms with Crippen molar-refractivity contribution in [1.29, 1.82) is 0 Å². The van der Waals surface area contributed by atoms with Gasteiger partial charge < -0.3 is 54.1 Å². The standard InChI is InChI=1S/C32H45N9O6/c33-14-4-3-8-25(29(44)40-26(31(46)47)9-5-15-37-32(35)36)39-30(45)27(16-19-10-12-21(42)13-11-19)41-28(43)23(34)17-20-18-38-24-7-2-1-6-22(20)24/h1-2,6-7,10-13,18,23,25-27,38,42H,3-5,8-9,14-17,33-34H2,(H,39,45)(H,40,44)(H,41,43)(H,46,47)(H4,35,36,37). The number of nitrogens with zero attached hydrogens (tertiary/aromatic N) is 1. The van der Waals surface area contributed by atoms with Gasteiger partial charge in [-0.25, -0.2) is 4.79 Å². The minimum Gasteiger partial charge on any atom is -0.508 e. The number of unbranched alkanes of at least 4 members (excludes halogenated alkanes) is 1. The van der Waals surface area contributed by atoms with E-state index >= 15 is 0 Å². The molecule has 0 saturated heterocycles. The first-order valence-electron chi connectivity index (χ1n) is 15.5. The lowest BCUT2D eigenvalue weighted by atomic mass is 10.0. The predicted octanol–water partition coefficient (Wildman–Crippen LogP) is -0.292. The van der Waals surface area contributed by atoms with Crippen LogP contribution < -0.4 is 38.9 Å². The lowest BCUT2D eigenvalue weighted by Gasteiger charge is -2.25. The van der Waals surface area contributed by atoms with Crippen LogP contribution in [0.2, 0.25) is 0 Å². The van der Waals surface area contributed by atoms with E-state index in [4.69, 9.17) is 22.9 Å². The van der Waals surface area contributed by atoms with Crippen LogP contribution in [0.1, 0.15) is 43.2 Å². The Hall–Kier alpha value is -5.15. The molecule has 0 spiro atoms. The maximum atomic E-state index is 13.7. The van der Waals surface area contributed by atoms with E-state index in [0.717, 1.165) is 16.5 Å². The van der Waals surface area contributed by atoms with Crippen LogP contribution in [0.3, 0.4) is 0 Å². The molecule has 3 aromatic rings. The van der Waals surface area contributed by atoms with Gasteiger partial charge in [0.1, 0.15) is 23.9 Å². The van der Waals surface area contributed by atoms with Crippen LogP contribution in [0.15, 0.2) is 59.7 Å². The number of aliphatic imine (C=N–C) groups is 1. The Bertz CT molecular complexity index is 1520. The summed E-state index contributed by atoms with van der Waals surface area (Å²) in [6.45, 7) is 0.540. The van der Waals surface area contributed by atoms with Crippen LogP contribution in [0.5, 0.6) is 5.75 Å². The predicted molar refractivity (Wildman–Crippen MR) is 178 cm³/mol. The molecule has 4 unspecified atom stereocenters. The Kier molecular flexibility index (Phi) is 14.0. The number of hydrogen-bond donors (Lipinski definition) is 10. The first kappa shape index (κ1) is 36.3. The number of aliphatic carboxylic acids is 1. The monoisotopic (exact) mass is 651 g/mol. The largest absolute Gasteiger partial charge is 0.508 e. The molecule has 4 atom stereocenters. The van der Waals surface area contributed by atoms with Crippen molar-refractivity contribution >= 4 is 40.6 Å². The van der Waals surface area contributed by atoms with Gasteiger partial charge in [0.05, 0.1) is 6.04 Å². The molecule has 15 nitrogen and oxygen atoms in total. The van der Waals surface area contributed by atoms with Crippen molar-refractivity contribution in [3.05, 3.63) is 65.9 Å². The number of para-hydroxylation sites is 1. The van der Waals surface area contributed by atoms with Crippen molar-refractivity contribution in [2.24, 2.45) is 27.9 Å². The number of carboxylic acids is 1. The number of aromatic amines is 1. The second-order valence-corrected chi connectivity index (χ2v) is 11.3. The second kappa shape index (κ2) is 18.1. The van der Waals surface area contributed by atoms with E-state index in [0.29, 0.717) is 31.4 Å². The molecule has 1 aromatic heterocycles. The zero-order chi connectivity index (χ0) is 34.3. The van der Waals surface area contributed by atoms with Crippen molar-refractivity contribution in [2.75, 3.05) is 13.1 Å². The van der Waals surface area contributed by atoms with Crippen LogP contribution in [-0.4, -0.2) is 82.1 Å². The summed E-state index contributed by atoms with van der Waals surface area (Å²) in [5.74, 6) is -3.30. The fourth-order valence-corrected chi connectivity index (χ4v) is 5.05. The van der Waals surface area contributed by atoms with Gasteiger partial charge in [-0.15, -0.1) is 0 Å². The van der Waals surface area contributed by atoms with E-state index in [1.165, 1.54) is 12.1 Å². The van der Waals surface area contributed by atoms with Gasteiger partial charge in [-0.3, -0.25) is 19.4 Å². The molecule has 0 radical (unpaired) electrons. The van der Waals surface area contributed by atoms with Crippen molar-refractivity contribution in [3.63, 3.8) is 0 Å². The summed E-state index contributed by atoms with van der Waals surface area (Å²) in [6, 6.07) is 9.22. The van der Waals surface area contributed by atoms with E-state index in [1.807, 2.05) is 24.3 Å². The van der Waals surface area contributed by atoms with Gasteiger partial charge in [0.15, 0.2) is 5.96 Å². The van der Waals surface area contributed by atoms with Gasteiger partial charge in [-0.1, -0.05) is 30.3 Å². The van der Waals surface area contributed by atoms with E-state index in [2.05, 4.69) is 25.9 Å². The van der Waals surface area contributed by atoms with Gasteiger partial charge in [-0.05, 0) is 74.4 Å². The summed E-state index contributed by atoms with van der Waals surface area (Å²) >= 11 is 0. The summed E-state index contributed by atoms with van der Waals surface area (Å²) in [4.78, 5) is 59.3. The highest BCUT2D eigenvalue weighted by molar-refractivity contribution is 5.94. The highest BCUT2D eigenvalue weighted by Gasteiger charge is 2.30. The highest BCUT2D eigenvalue weighted by atomic mass is 16.4. The number of H-pyrrole nitrogens is 1. The van der Waals surface area contributed by atoms with Crippen LogP contribution in [-0.2, 0) is 32.0 Å². The third-order valence-corrected chi connectivity index (χ3v) is 7.60. The first-order chi connectivity index (χ1) is 22.5. The second-order valence-electron chi connectivity index (χ2n) is 11.3. The zero-order valence-corrected chi connectivity index (χ0v) is 26.2. The Balaban J connectivity index is 1.76. The molecule has 0 saturated carbocycles. The topological polar surface area (TPSA) is 277 Å². The first-order valence-corrected chi connectivity index (χ1v) is 15.5. The summed E-state index contributed by atoms with van der Waals surface area (Å²) in [5.41, 5.74) is 24.9. The molecule has 47 heavy (non-hydrogen) atoms. The molecule has 0 aliphatic heterocycles. The molecule has 1 heterocycles. The van der Waals surface area contributed by atoms with Crippen molar-refractivity contribution in [1.82, 2.24) is 20.9 Å². The number of nitrogens with two attached hydrogens (primary N) is 4. The summed E-state index contributed by atoms with van der Waals surface area (Å²) in [7, 11) is 0. The lowest BCUT2D eigenvalue weighted by molar-refractivity contribution is -0.142. The smallest absolute Gasteiger partial charge is 0.326 e. The third kappa shape index (κ3) is 11.6. The third-order valence-electron chi connectivity index (χ3n) is 7.60. The maximum Gasteiger partial charge on any atom is 0.326 e. The number of hydrogen-bond acceptors (Lipinski definition) is 8. The number of carboxylic acid groups (broad SMARTS) is 1. The number of amides is 3. The van der Waals surface area contributed by atoms with Gasteiger partial charge in [0.2, 0.25) is 17.7 Å². The maximum absolute atomic E-state index is 13.7. The van der Waals surface area contributed by atoms with Gasteiger partial charge >= 0.3 is 5.97 Å². The van der Waals surface area contributed by atoms with E-state index < -0.39 is 47.9 Å². The number of phenols is 1. The lowest BCUT2D eigenvalue weighted by Crippen LogP contribution is -2.57.